The van der Waals surface area contributed by atoms with Gasteiger partial charge in [0.25, 0.3) is 0 Å². The lowest BCUT2D eigenvalue weighted by molar-refractivity contribution is 0.239. The molecule has 1 fully saturated rings. The van der Waals surface area contributed by atoms with E-state index in [1.54, 1.807) is 0 Å². The van der Waals surface area contributed by atoms with E-state index in [9.17, 15) is 0 Å². The van der Waals surface area contributed by atoms with Crippen LogP contribution in [0, 0.1) is 0 Å². The monoisotopic (exact) mass is 248 g/mol. The van der Waals surface area contributed by atoms with Gasteiger partial charge in [-0.15, -0.1) is 11.8 Å². The van der Waals surface area contributed by atoms with E-state index in [0.29, 0.717) is 5.41 Å². The van der Waals surface area contributed by atoms with Crippen LogP contribution in [0.3, 0.4) is 0 Å². The Hall–Kier alpha value is -0.670. The molecule has 1 aromatic carbocycles. The lowest BCUT2D eigenvalue weighted by Crippen LogP contribution is -2.42. The van der Waals surface area contributed by atoms with Gasteiger partial charge >= 0.3 is 0 Å². The minimum absolute atomic E-state index is 0.410. The van der Waals surface area contributed by atoms with Crippen molar-refractivity contribution in [2.24, 2.45) is 0 Å². The molecular weight excluding hydrogens is 228 g/mol. The van der Waals surface area contributed by atoms with Crippen molar-refractivity contribution in [1.82, 2.24) is 5.32 Å². The van der Waals surface area contributed by atoms with E-state index >= 15 is 0 Å². The van der Waals surface area contributed by atoms with Gasteiger partial charge in [-0.2, -0.15) is 0 Å². The third kappa shape index (κ3) is 1.95. The molecule has 0 atom stereocenters. The maximum absolute atomic E-state index is 3.52. The van der Waals surface area contributed by atoms with Crippen molar-refractivity contribution in [2.45, 2.75) is 29.6 Å². The molecule has 2 N–H and O–H groups in total. The number of nitrogens with one attached hydrogen (secondary N) is 2. The molecule has 1 aliphatic heterocycles. The minimum atomic E-state index is 0.410. The van der Waals surface area contributed by atoms with Gasteiger partial charge in [-0.25, -0.2) is 0 Å². The molecule has 1 aliphatic carbocycles. The van der Waals surface area contributed by atoms with Crippen molar-refractivity contribution < 1.29 is 0 Å². The molecule has 3 heteroatoms. The average molecular weight is 248 g/mol. The summed E-state index contributed by atoms with van der Waals surface area (Å²) >= 11 is 1.97. The van der Waals surface area contributed by atoms with E-state index in [1.807, 2.05) is 11.8 Å². The molecule has 0 aromatic heterocycles. The summed E-state index contributed by atoms with van der Waals surface area (Å²) in [6.45, 7) is 2.21. The highest BCUT2D eigenvalue weighted by atomic mass is 32.2. The van der Waals surface area contributed by atoms with Crippen molar-refractivity contribution in [3.63, 3.8) is 0 Å². The van der Waals surface area contributed by atoms with Crippen molar-refractivity contribution in [3.8, 4) is 0 Å². The molecule has 2 aliphatic rings. The second-order valence-corrected chi connectivity index (χ2v) is 6.29. The predicted molar refractivity (Wildman–Crippen MR) is 75.1 cm³/mol. The van der Waals surface area contributed by atoms with E-state index in [2.05, 4.69) is 35.9 Å². The van der Waals surface area contributed by atoms with Crippen molar-refractivity contribution in [3.05, 3.63) is 23.8 Å². The Kier molecular flexibility index (Phi) is 3.05. The van der Waals surface area contributed by atoms with Gasteiger partial charge in [0.1, 0.15) is 0 Å². The number of likely N-dealkylation sites (N-methyl/N-ethyl adjacent to an activating group) is 1. The van der Waals surface area contributed by atoms with Crippen molar-refractivity contribution in [2.75, 3.05) is 31.2 Å². The lowest BCUT2D eigenvalue weighted by Gasteiger charge is -2.43. The van der Waals surface area contributed by atoms with Gasteiger partial charge in [0.2, 0.25) is 0 Å². The van der Waals surface area contributed by atoms with E-state index in [4.69, 9.17) is 0 Å². The first kappa shape index (κ1) is 11.4. The fourth-order valence-corrected chi connectivity index (χ4v) is 3.85. The normalized spacial score (nSPS) is 21.2. The molecular formula is C14H20N2S. The van der Waals surface area contributed by atoms with Crippen LogP contribution in [0.25, 0.3) is 0 Å². The number of thioether (sulfide) groups is 1. The Balaban J connectivity index is 1.92. The number of fused-ring (bicyclic) bond motifs is 1. The van der Waals surface area contributed by atoms with Crippen LogP contribution in [0.5, 0.6) is 0 Å². The first-order valence-corrected chi connectivity index (χ1v) is 7.48. The molecule has 1 saturated carbocycles. The molecule has 0 bridgehead atoms. The van der Waals surface area contributed by atoms with Crippen molar-refractivity contribution in [1.29, 1.82) is 0 Å². The first-order valence-electron chi connectivity index (χ1n) is 6.50. The maximum Gasteiger partial charge on any atom is 0.0481 e. The summed E-state index contributed by atoms with van der Waals surface area (Å²) < 4.78 is 0. The van der Waals surface area contributed by atoms with Crippen LogP contribution in [0.2, 0.25) is 0 Å². The Labute approximate surface area is 108 Å². The van der Waals surface area contributed by atoms with Crippen LogP contribution in [0.15, 0.2) is 23.1 Å². The molecule has 1 aromatic rings. The third-order valence-electron chi connectivity index (χ3n) is 4.09. The molecule has 2 nitrogen and oxygen atoms in total. The third-order valence-corrected chi connectivity index (χ3v) is 5.17. The summed E-state index contributed by atoms with van der Waals surface area (Å²) in [7, 11) is 2.06. The zero-order valence-electron chi connectivity index (χ0n) is 10.4. The Morgan fingerprint density at radius 2 is 2.29 bits per heavy atom. The van der Waals surface area contributed by atoms with E-state index in [0.717, 1.165) is 13.1 Å². The Bertz CT molecular complexity index is 413. The summed E-state index contributed by atoms with van der Waals surface area (Å²) in [5.74, 6) is 1.19. The summed E-state index contributed by atoms with van der Waals surface area (Å²) in [6, 6.07) is 7.03. The SMILES string of the molecule is CNCC1(c2ccc3c(c2)NCCS3)CCC1. The Morgan fingerprint density at radius 3 is 3.00 bits per heavy atom. The highest BCUT2D eigenvalue weighted by Crippen LogP contribution is 2.45. The molecule has 0 saturated heterocycles. The summed E-state index contributed by atoms with van der Waals surface area (Å²) in [5, 5.41) is 6.89. The van der Waals surface area contributed by atoms with Crippen LogP contribution in [-0.2, 0) is 5.41 Å². The van der Waals surface area contributed by atoms with Crippen LogP contribution < -0.4 is 10.6 Å². The van der Waals surface area contributed by atoms with Crippen LogP contribution in [-0.4, -0.2) is 25.9 Å². The van der Waals surface area contributed by atoms with Gasteiger partial charge in [-0.1, -0.05) is 12.5 Å². The fraction of sp³-hybridized carbons (Fsp3) is 0.571. The topological polar surface area (TPSA) is 24.1 Å². The lowest BCUT2D eigenvalue weighted by atomic mass is 9.64. The molecule has 17 heavy (non-hydrogen) atoms. The Morgan fingerprint density at radius 1 is 1.41 bits per heavy atom. The molecule has 1 heterocycles. The molecule has 0 unspecified atom stereocenters. The smallest absolute Gasteiger partial charge is 0.0481 e. The quantitative estimate of drug-likeness (QED) is 0.860. The zero-order valence-corrected chi connectivity index (χ0v) is 11.2. The summed E-state index contributed by atoms with van der Waals surface area (Å²) in [4.78, 5) is 1.42. The van der Waals surface area contributed by atoms with Gasteiger partial charge in [0.15, 0.2) is 0 Å². The van der Waals surface area contributed by atoms with E-state index < -0.39 is 0 Å². The standard InChI is InChI=1S/C14H20N2S/c1-15-10-14(5-2-6-14)11-3-4-13-12(9-11)16-7-8-17-13/h3-4,9,15-16H,2,5-8,10H2,1H3. The van der Waals surface area contributed by atoms with E-state index in [-0.39, 0.29) is 0 Å². The number of rotatable bonds is 3. The van der Waals surface area contributed by atoms with Gasteiger partial charge < -0.3 is 10.6 Å². The highest BCUT2D eigenvalue weighted by Gasteiger charge is 2.38. The largest absolute Gasteiger partial charge is 0.383 e. The molecule has 0 radical (unpaired) electrons. The summed E-state index contributed by atoms with van der Waals surface area (Å²) in [5.41, 5.74) is 3.28. The fourth-order valence-electron chi connectivity index (χ4n) is 2.98. The summed E-state index contributed by atoms with van der Waals surface area (Å²) in [6.07, 6.45) is 4.04. The van der Waals surface area contributed by atoms with Gasteiger partial charge in [0.05, 0.1) is 0 Å². The average Bonchev–Trinajstić information content (AvgIpc) is 2.33. The van der Waals surface area contributed by atoms with Gasteiger partial charge in [-0.05, 0) is 37.6 Å². The van der Waals surface area contributed by atoms with Crippen molar-refractivity contribution >= 4 is 17.4 Å². The molecule has 0 spiro atoms. The number of benzene rings is 1. The predicted octanol–water partition coefficient (Wildman–Crippen LogP) is 2.85. The van der Waals surface area contributed by atoms with Gasteiger partial charge in [-0.3, -0.25) is 0 Å². The van der Waals surface area contributed by atoms with E-state index in [1.165, 1.54) is 41.2 Å². The van der Waals surface area contributed by atoms with Crippen LogP contribution in [0.1, 0.15) is 24.8 Å². The maximum atomic E-state index is 3.52. The van der Waals surface area contributed by atoms with Gasteiger partial charge in [0, 0.05) is 34.8 Å². The van der Waals surface area contributed by atoms with Crippen LogP contribution in [0.4, 0.5) is 5.69 Å². The molecule has 0 amide bonds. The molecule has 92 valence electrons. The van der Waals surface area contributed by atoms with Crippen LogP contribution >= 0.6 is 11.8 Å². The zero-order chi connectivity index (χ0) is 11.7. The highest BCUT2D eigenvalue weighted by molar-refractivity contribution is 7.99. The minimum Gasteiger partial charge on any atom is -0.383 e. The first-order chi connectivity index (χ1) is 8.34. The second-order valence-electron chi connectivity index (χ2n) is 5.15. The second kappa shape index (κ2) is 4.54. The number of hydrogen-bond donors (Lipinski definition) is 2. The molecule has 3 rings (SSSR count). The number of anilines is 1. The number of hydrogen-bond acceptors (Lipinski definition) is 3.